The Hall–Kier alpha value is -1.70. The molecule has 0 saturated heterocycles. The van der Waals surface area contributed by atoms with Crippen LogP contribution in [0.25, 0.3) is 0 Å². The highest BCUT2D eigenvalue weighted by atomic mass is 14.7. The predicted molar refractivity (Wildman–Crippen MR) is 67.4 cm³/mol. The summed E-state index contributed by atoms with van der Waals surface area (Å²) < 4.78 is 0. The summed E-state index contributed by atoms with van der Waals surface area (Å²) in [5.74, 6) is 0. The van der Waals surface area contributed by atoms with Crippen LogP contribution in [-0.2, 0) is 0 Å². The highest BCUT2D eigenvalue weighted by molar-refractivity contribution is 5.15. The van der Waals surface area contributed by atoms with Crippen LogP contribution in [0.15, 0.2) is 36.5 Å². The number of aromatic nitrogens is 2. The maximum atomic E-state index is 4.17. The van der Waals surface area contributed by atoms with Gasteiger partial charge in [-0.3, -0.25) is 9.97 Å². The lowest BCUT2D eigenvalue weighted by molar-refractivity contribution is 1.12. The quantitative estimate of drug-likeness (QED) is 0.671. The molecular weight excluding hydrogens is 196 g/mol. The molecule has 0 aliphatic rings. The molecule has 0 radical (unpaired) electrons. The lowest BCUT2D eigenvalue weighted by Crippen LogP contribution is -1.81. The van der Waals surface area contributed by atoms with Gasteiger partial charge in [-0.2, -0.15) is 0 Å². The average Bonchev–Trinajstić information content (AvgIpc) is 2.23. The zero-order valence-corrected chi connectivity index (χ0v) is 10.4. The third kappa shape index (κ3) is 4.22. The van der Waals surface area contributed by atoms with Crippen molar-refractivity contribution in [1.82, 2.24) is 9.97 Å². The number of aryl methyl sites for hydroxylation is 4. The van der Waals surface area contributed by atoms with Crippen LogP contribution in [0.2, 0.25) is 0 Å². The Bertz CT molecular complexity index is 412. The van der Waals surface area contributed by atoms with Crippen LogP contribution in [-0.4, -0.2) is 9.97 Å². The zero-order valence-electron chi connectivity index (χ0n) is 10.4. The fourth-order valence-electron chi connectivity index (χ4n) is 1.24. The molecule has 0 amide bonds. The SMILES string of the molecule is Cc1cccc(C)n1.Cc1cccnc1C. The van der Waals surface area contributed by atoms with Gasteiger partial charge in [0.2, 0.25) is 0 Å². The minimum absolute atomic E-state index is 1.09. The summed E-state index contributed by atoms with van der Waals surface area (Å²) in [6, 6.07) is 10.0. The number of hydrogen-bond acceptors (Lipinski definition) is 2. The molecule has 16 heavy (non-hydrogen) atoms. The number of hydrogen-bond donors (Lipinski definition) is 0. The molecule has 0 spiro atoms. The van der Waals surface area contributed by atoms with Crippen molar-refractivity contribution in [2.75, 3.05) is 0 Å². The maximum absolute atomic E-state index is 4.17. The van der Waals surface area contributed by atoms with Gasteiger partial charge in [0.05, 0.1) is 0 Å². The Morgan fingerprint density at radius 3 is 1.75 bits per heavy atom. The topological polar surface area (TPSA) is 25.8 Å². The van der Waals surface area contributed by atoms with Gasteiger partial charge in [0.15, 0.2) is 0 Å². The molecule has 0 unspecified atom stereocenters. The first kappa shape index (κ1) is 12.4. The van der Waals surface area contributed by atoms with E-state index in [2.05, 4.69) is 23.0 Å². The molecule has 2 aromatic rings. The number of rotatable bonds is 0. The van der Waals surface area contributed by atoms with E-state index in [0.29, 0.717) is 0 Å². The van der Waals surface area contributed by atoms with E-state index >= 15 is 0 Å². The van der Waals surface area contributed by atoms with Crippen LogP contribution in [0, 0.1) is 27.7 Å². The van der Waals surface area contributed by atoms with Gasteiger partial charge in [0, 0.05) is 23.3 Å². The molecule has 2 heteroatoms. The predicted octanol–water partition coefficient (Wildman–Crippen LogP) is 3.40. The van der Waals surface area contributed by atoms with Crippen molar-refractivity contribution < 1.29 is 0 Å². The molecule has 0 aromatic carbocycles. The van der Waals surface area contributed by atoms with Crippen LogP contribution >= 0.6 is 0 Å². The van der Waals surface area contributed by atoms with Crippen molar-refractivity contribution in [1.29, 1.82) is 0 Å². The van der Waals surface area contributed by atoms with Crippen LogP contribution in [0.1, 0.15) is 22.6 Å². The van der Waals surface area contributed by atoms with E-state index in [4.69, 9.17) is 0 Å². The summed E-state index contributed by atoms with van der Waals surface area (Å²) >= 11 is 0. The minimum Gasteiger partial charge on any atom is -0.261 e. The molecule has 2 nitrogen and oxygen atoms in total. The first-order valence-corrected chi connectivity index (χ1v) is 5.38. The Balaban J connectivity index is 0.000000160. The van der Waals surface area contributed by atoms with Crippen LogP contribution in [0.3, 0.4) is 0 Å². The lowest BCUT2D eigenvalue weighted by Gasteiger charge is -1.92. The van der Waals surface area contributed by atoms with Crippen molar-refractivity contribution in [3.8, 4) is 0 Å². The van der Waals surface area contributed by atoms with E-state index in [0.717, 1.165) is 17.1 Å². The van der Waals surface area contributed by atoms with Crippen molar-refractivity contribution in [2.24, 2.45) is 0 Å². The average molecular weight is 214 g/mol. The summed E-state index contributed by atoms with van der Waals surface area (Å²) in [5.41, 5.74) is 4.55. The van der Waals surface area contributed by atoms with Gasteiger partial charge >= 0.3 is 0 Å². The van der Waals surface area contributed by atoms with Crippen molar-refractivity contribution in [3.63, 3.8) is 0 Å². The van der Waals surface area contributed by atoms with E-state index in [1.807, 2.05) is 51.2 Å². The fraction of sp³-hybridized carbons (Fsp3) is 0.286. The molecule has 0 aliphatic heterocycles. The second kappa shape index (κ2) is 6.01. The van der Waals surface area contributed by atoms with Gasteiger partial charge in [0.1, 0.15) is 0 Å². The molecule has 0 fully saturated rings. The van der Waals surface area contributed by atoms with E-state index in [1.165, 1.54) is 5.56 Å². The highest BCUT2D eigenvalue weighted by Crippen LogP contribution is 1.98. The number of nitrogens with zero attached hydrogens (tertiary/aromatic N) is 2. The molecule has 2 rings (SSSR count). The maximum Gasteiger partial charge on any atom is 0.0401 e. The molecule has 2 aromatic heterocycles. The van der Waals surface area contributed by atoms with E-state index in [9.17, 15) is 0 Å². The summed E-state index contributed by atoms with van der Waals surface area (Å²) in [5, 5.41) is 0. The largest absolute Gasteiger partial charge is 0.261 e. The molecule has 0 aliphatic carbocycles. The fourth-order valence-corrected chi connectivity index (χ4v) is 1.24. The monoisotopic (exact) mass is 214 g/mol. The Morgan fingerprint density at radius 1 is 0.812 bits per heavy atom. The second-order valence-electron chi connectivity index (χ2n) is 3.83. The normalized spacial score (nSPS) is 9.25. The summed E-state index contributed by atoms with van der Waals surface area (Å²) in [6.45, 7) is 8.05. The Kier molecular flexibility index (Phi) is 4.65. The zero-order chi connectivity index (χ0) is 12.0. The lowest BCUT2D eigenvalue weighted by atomic mass is 10.2. The van der Waals surface area contributed by atoms with Gasteiger partial charge in [0.25, 0.3) is 0 Å². The van der Waals surface area contributed by atoms with E-state index in [1.54, 1.807) is 0 Å². The third-order valence-corrected chi connectivity index (χ3v) is 2.30. The second-order valence-corrected chi connectivity index (χ2v) is 3.83. The van der Waals surface area contributed by atoms with Gasteiger partial charge in [-0.15, -0.1) is 0 Å². The molecule has 0 atom stereocenters. The molecule has 2 heterocycles. The minimum atomic E-state index is 1.09. The molecule has 0 saturated carbocycles. The molecule has 0 N–H and O–H groups in total. The van der Waals surface area contributed by atoms with Gasteiger partial charge in [-0.05, 0) is 51.5 Å². The first-order chi connectivity index (χ1) is 7.59. The van der Waals surface area contributed by atoms with Crippen molar-refractivity contribution in [2.45, 2.75) is 27.7 Å². The smallest absolute Gasteiger partial charge is 0.0401 e. The highest BCUT2D eigenvalue weighted by Gasteiger charge is 1.85. The standard InChI is InChI=1S/2C7H9N/c1-6-4-3-5-8-7(6)2;1-6-4-3-5-7(2)8-6/h2*3-5H,1-2H3. The molecule has 0 bridgehead atoms. The summed E-state index contributed by atoms with van der Waals surface area (Å²) in [6.07, 6.45) is 1.81. The van der Waals surface area contributed by atoms with E-state index < -0.39 is 0 Å². The Labute approximate surface area is 97.4 Å². The van der Waals surface area contributed by atoms with E-state index in [-0.39, 0.29) is 0 Å². The Morgan fingerprint density at radius 2 is 1.44 bits per heavy atom. The molecule has 84 valence electrons. The van der Waals surface area contributed by atoms with Gasteiger partial charge < -0.3 is 0 Å². The first-order valence-electron chi connectivity index (χ1n) is 5.38. The van der Waals surface area contributed by atoms with Crippen LogP contribution in [0.4, 0.5) is 0 Å². The van der Waals surface area contributed by atoms with Crippen molar-refractivity contribution >= 4 is 0 Å². The van der Waals surface area contributed by atoms with Gasteiger partial charge in [-0.1, -0.05) is 12.1 Å². The molecular formula is C14H18N2. The number of pyridine rings is 2. The summed E-state index contributed by atoms with van der Waals surface area (Å²) in [4.78, 5) is 8.25. The van der Waals surface area contributed by atoms with Crippen LogP contribution < -0.4 is 0 Å². The van der Waals surface area contributed by atoms with Crippen LogP contribution in [0.5, 0.6) is 0 Å². The van der Waals surface area contributed by atoms with Crippen molar-refractivity contribution in [3.05, 3.63) is 59.2 Å². The third-order valence-electron chi connectivity index (χ3n) is 2.30. The van der Waals surface area contributed by atoms with Gasteiger partial charge in [-0.25, -0.2) is 0 Å². The summed E-state index contributed by atoms with van der Waals surface area (Å²) in [7, 11) is 0.